The summed E-state index contributed by atoms with van der Waals surface area (Å²) in [6, 6.07) is 10.1. The fourth-order valence-corrected chi connectivity index (χ4v) is 4.70. The summed E-state index contributed by atoms with van der Waals surface area (Å²) in [6.45, 7) is 5.67. The Labute approximate surface area is 161 Å². The molecule has 5 nitrogen and oxygen atoms in total. The predicted octanol–water partition coefficient (Wildman–Crippen LogP) is 2.96. The summed E-state index contributed by atoms with van der Waals surface area (Å²) in [5, 5.41) is 2.12. The number of carbonyl (C=O) groups is 1. The van der Waals surface area contributed by atoms with Crippen LogP contribution in [0, 0.1) is 0 Å². The monoisotopic (exact) mass is 390 g/mol. The number of nitrogens with zero attached hydrogens (tertiary/aromatic N) is 2. The fraction of sp³-hybridized carbons (Fsp3) is 0.421. The second-order valence-electron chi connectivity index (χ2n) is 6.33. The molecular weight excluding hydrogens is 368 g/mol. The molecule has 4 rings (SSSR count). The Morgan fingerprint density at radius 1 is 1.08 bits per heavy atom. The highest BCUT2D eigenvalue weighted by Crippen LogP contribution is 2.34. The molecule has 26 heavy (non-hydrogen) atoms. The maximum absolute atomic E-state index is 12.5. The van der Waals surface area contributed by atoms with Crippen molar-refractivity contribution in [2.24, 2.45) is 0 Å². The van der Waals surface area contributed by atoms with Gasteiger partial charge in [0, 0.05) is 42.5 Å². The van der Waals surface area contributed by atoms with Crippen LogP contribution in [0.1, 0.15) is 4.88 Å². The summed E-state index contributed by atoms with van der Waals surface area (Å²) < 4.78 is 11.1. The SMILES string of the molecule is O=C(CSc1ccc2c(c1)OCCO2)N1CCN(Cc2cccs2)CC1. The van der Waals surface area contributed by atoms with E-state index >= 15 is 0 Å². The Hall–Kier alpha value is -1.70. The van der Waals surface area contributed by atoms with Crippen molar-refractivity contribution in [3.8, 4) is 11.5 Å². The first-order chi connectivity index (χ1) is 12.8. The average molecular weight is 391 g/mol. The van der Waals surface area contributed by atoms with Crippen LogP contribution in [0.15, 0.2) is 40.6 Å². The van der Waals surface area contributed by atoms with Crippen LogP contribution in [0.25, 0.3) is 0 Å². The van der Waals surface area contributed by atoms with E-state index in [1.807, 2.05) is 23.1 Å². The van der Waals surface area contributed by atoms with Gasteiger partial charge in [-0.05, 0) is 29.6 Å². The first kappa shape index (κ1) is 17.7. The molecular formula is C19H22N2O3S2. The van der Waals surface area contributed by atoms with E-state index in [4.69, 9.17) is 9.47 Å². The van der Waals surface area contributed by atoms with Gasteiger partial charge in [-0.1, -0.05) is 6.07 Å². The normalized spacial score (nSPS) is 17.3. The van der Waals surface area contributed by atoms with Crippen LogP contribution < -0.4 is 9.47 Å². The topological polar surface area (TPSA) is 42.0 Å². The summed E-state index contributed by atoms with van der Waals surface area (Å²) in [5.74, 6) is 2.23. The lowest BCUT2D eigenvalue weighted by molar-refractivity contribution is -0.130. The lowest BCUT2D eigenvalue weighted by atomic mass is 10.3. The predicted molar refractivity (Wildman–Crippen MR) is 104 cm³/mol. The van der Waals surface area contributed by atoms with E-state index in [1.54, 1.807) is 23.1 Å². The molecule has 1 saturated heterocycles. The third-order valence-electron chi connectivity index (χ3n) is 4.56. The third-order valence-corrected chi connectivity index (χ3v) is 6.40. The molecule has 7 heteroatoms. The Bertz CT molecular complexity index is 743. The average Bonchev–Trinajstić information content (AvgIpc) is 3.19. The molecule has 0 saturated carbocycles. The Morgan fingerprint density at radius 2 is 1.88 bits per heavy atom. The third kappa shape index (κ3) is 4.34. The van der Waals surface area contributed by atoms with Crippen molar-refractivity contribution in [1.82, 2.24) is 9.80 Å². The molecule has 0 N–H and O–H groups in total. The van der Waals surface area contributed by atoms with Crippen molar-refractivity contribution in [3.05, 3.63) is 40.6 Å². The number of ether oxygens (including phenoxy) is 2. The number of piperazine rings is 1. The summed E-state index contributed by atoms with van der Waals surface area (Å²) in [5.41, 5.74) is 0. The number of rotatable bonds is 5. The van der Waals surface area contributed by atoms with Gasteiger partial charge < -0.3 is 14.4 Å². The van der Waals surface area contributed by atoms with Gasteiger partial charge in [0.05, 0.1) is 5.75 Å². The zero-order chi connectivity index (χ0) is 17.8. The second-order valence-corrected chi connectivity index (χ2v) is 8.41. The zero-order valence-electron chi connectivity index (χ0n) is 14.6. The van der Waals surface area contributed by atoms with Crippen LogP contribution in [-0.2, 0) is 11.3 Å². The highest BCUT2D eigenvalue weighted by molar-refractivity contribution is 8.00. The van der Waals surface area contributed by atoms with E-state index in [9.17, 15) is 4.79 Å². The Balaban J connectivity index is 1.24. The van der Waals surface area contributed by atoms with Crippen LogP contribution in [-0.4, -0.2) is 60.9 Å². The molecule has 3 heterocycles. The number of hydrogen-bond acceptors (Lipinski definition) is 6. The van der Waals surface area contributed by atoms with Crippen LogP contribution >= 0.6 is 23.1 Å². The minimum absolute atomic E-state index is 0.209. The van der Waals surface area contributed by atoms with Gasteiger partial charge in [-0.25, -0.2) is 0 Å². The minimum atomic E-state index is 0.209. The second kappa shape index (κ2) is 8.33. The number of benzene rings is 1. The first-order valence-electron chi connectivity index (χ1n) is 8.83. The van der Waals surface area contributed by atoms with Gasteiger partial charge >= 0.3 is 0 Å². The van der Waals surface area contributed by atoms with Gasteiger partial charge in [-0.2, -0.15) is 0 Å². The molecule has 1 fully saturated rings. The van der Waals surface area contributed by atoms with Crippen molar-refractivity contribution >= 4 is 29.0 Å². The molecule has 0 unspecified atom stereocenters. The molecule has 138 valence electrons. The van der Waals surface area contributed by atoms with Gasteiger partial charge in [0.2, 0.25) is 5.91 Å². The largest absolute Gasteiger partial charge is 0.486 e. The molecule has 1 aromatic heterocycles. The van der Waals surface area contributed by atoms with Crippen LogP contribution in [0.2, 0.25) is 0 Å². The van der Waals surface area contributed by atoms with Crippen molar-refractivity contribution in [2.75, 3.05) is 45.1 Å². The minimum Gasteiger partial charge on any atom is -0.486 e. The number of thiophene rings is 1. The molecule has 0 atom stereocenters. The van der Waals surface area contributed by atoms with Crippen LogP contribution in [0.3, 0.4) is 0 Å². The van der Waals surface area contributed by atoms with E-state index < -0.39 is 0 Å². The zero-order valence-corrected chi connectivity index (χ0v) is 16.2. The number of amides is 1. The van der Waals surface area contributed by atoms with Crippen molar-refractivity contribution in [1.29, 1.82) is 0 Å². The lowest BCUT2D eigenvalue weighted by Crippen LogP contribution is -2.48. The highest BCUT2D eigenvalue weighted by Gasteiger charge is 2.21. The highest BCUT2D eigenvalue weighted by atomic mass is 32.2. The Morgan fingerprint density at radius 3 is 2.65 bits per heavy atom. The maximum atomic E-state index is 12.5. The van der Waals surface area contributed by atoms with E-state index in [1.165, 1.54) is 4.88 Å². The summed E-state index contributed by atoms with van der Waals surface area (Å²) in [6.07, 6.45) is 0. The van der Waals surface area contributed by atoms with Gasteiger partial charge in [0.25, 0.3) is 0 Å². The standard InChI is InChI=1S/C19H22N2O3S2/c22-19(14-26-15-3-4-17-18(12-15)24-10-9-23-17)21-7-5-20(6-8-21)13-16-2-1-11-25-16/h1-4,11-12H,5-10,13-14H2. The van der Waals surface area contributed by atoms with Crippen molar-refractivity contribution < 1.29 is 14.3 Å². The Kier molecular flexibility index (Phi) is 5.67. The van der Waals surface area contributed by atoms with Gasteiger partial charge in [-0.3, -0.25) is 9.69 Å². The number of fused-ring (bicyclic) bond motifs is 1. The molecule has 1 amide bonds. The van der Waals surface area contributed by atoms with Crippen LogP contribution in [0.5, 0.6) is 11.5 Å². The van der Waals surface area contributed by atoms with Crippen molar-refractivity contribution in [3.63, 3.8) is 0 Å². The summed E-state index contributed by atoms with van der Waals surface area (Å²) in [4.78, 5) is 19.3. The van der Waals surface area contributed by atoms with Crippen molar-refractivity contribution in [2.45, 2.75) is 11.4 Å². The van der Waals surface area contributed by atoms with E-state index in [0.29, 0.717) is 19.0 Å². The van der Waals surface area contributed by atoms with E-state index in [-0.39, 0.29) is 5.91 Å². The molecule has 0 radical (unpaired) electrons. The van der Waals surface area contributed by atoms with Gasteiger partial charge in [-0.15, -0.1) is 23.1 Å². The summed E-state index contributed by atoms with van der Waals surface area (Å²) in [7, 11) is 0. The smallest absolute Gasteiger partial charge is 0.233 e. The van der Waals surface area contributed by atoms with Gasteiger partial charge in [0.15, 0.2) is 11.5 Å². The van der Waals surface area contributed by atoms with E-state index in [0.717, 1.165) is 49.1 Å². The maximum Gasteiger partial charge on any atom is 0.233 e. The molecule has 0 aliphatic carbocycles. The molecule has 2 aliphatic heterocycles. The number of thioether (sulfide) groups is 1. The van der Waals surface area contributed by atoms with Gasteiger partial charge in [0.1, 0.15) is 13.2 Å². The summed E-state index contributed by atoms with van der Waals surface area (Å²) >= 11 is 3.36. The van der Waals surface area contributed by atoms with E-state index in [2.05, 4.69) is 22.4 Å². The lowest BCUT2D eigenvalue weighted by Gasteiger charge is -2.34. The molecule has 0 spiro atoms. The molecule has 0 bridgehead atoms. The molecule has 2 aromatic rings. The fourth-order valence-electron chi connectivity index (χ4n) is 3.13. The number of hydrogen-bond donors (Lipinski definition) is 0. The quantitative estimate of drug-likeness (QED) is 0.735. The molecule has 1 aromatic carbocycles. The number of carbonyl (C=O) groups excluding carboxylic acids is 1. The molecule has 2 aliphatic rings. The first-order valence-corrected chi connectivity index (χ1v) is 10.7. The van der Waals surface area contributed by atoms with Crippen LogP contribution in [0.4, 0.5) is 0 Å².